The molecule has 1 aliphatic rings. The first-order chi connectivity index (χ1) is 24.3. The summed E-state index contributed by atoms with van der Waals surface area (Å²) in [5.74, 6) is 0.558. The van der Waals surface area contributed by atoms with Crippen LogP contribution in [-0.2, 0) is 6.73 Å². The van der Waals surface area contributed by atoms with Crippen molar-refractivity contribution < 1.29 is 32.6 Å². The lowest BCUT2D eigenvalue weighted by atomic mass is 10.0. The third-order valence-electron chi connectivity index (χ3n) is 8.26. The summed E-state index contributed by atoms with van der Waals surface area (Å²) in [6.45, 7) is 0.231. The van der Waals surface area contributed by atoms with E-state index in [4.69, 9.17) is 24.0 Å². The third kappa shape index (κ3) is 5.65. The summed E-state index contributed by atoms with van der Waals surface area (Å²) in [4.78, 5) is 22.8. The molecule has 0 bridgehead atoms. The van der Waals surface area contributed by atoms with Gasteiger partial charge in [-0.15, -0.1) is 0 Å². The van der Waals surface area contributed by atoms with Crippen molar-refractivity contribution in [3.05, 3.63) is 108 Å². The van der Waals surface area contributed by atoms with Crippen LogP contribution in [0.1, 0.15) is 10.4 Å². The number of pyridine rings is 2. The SMILES string of the molecule is CNC(=O)c1c(-c2ccc(Oc3ccc(F)cc3)nc2)oc2cc(N(C)S)c(-c3ccc4c(n3)-c3cc5c(F)cccc5n3CO4)cc12.CO. The van der Waals surface area contributed by atoms with Crippen molar-refractivity contribution >= 4 is 46.3 Å². The van der Waals surface area contributed by atoms with Gasteiger partial charge >= 0.3 is 0 Å². The fourth-order valence-corrected chi connectivity index (χ4v) is 6.14. The molecule has 0 unspecified atom stereocenters. The Bertz CT molecular complexity index is 2390. The summed E-state index contributed by atoms with van der Waals surface area (Å²) in [5.41, 5.74) is 5.26. The average molecular weight is 694 g/mol. The summed E-state index contributed by atoms with van der Waals surface area (Å²) in [6, 6.07) is 23.0. The van der Waals surface area contributed by atoms with Crippen molar-refractivity contribution in [3.63, 3.8) is 0 Å². The number of benzene rings is 3. The smallest absolute Gasteiger partial charge is 0.255 e. The number of halogens is 2. The number of fused-ring (bicyclic) bond motifs is 6. The first-order valence-corrected chi connectivity index (χ1v) is 15.7. The van der Waals surface area contributed by atoms with E-state index >= 15 is 0 Å². The lowest BCUT2D eigenvalue weighted by molar-refractivity contribution is 0.0964. The number of hydrogen-bond donors (Lipinski definition) is 3. The second kappa shape index (κ2) is 13.2. The quantitative estimate of drug-likeness (QED) is 0.151. The van der Waals surface area contributed by atoms with Crippen LogP contribution in [0.3, 0.4) is 0 Å². The van der Waals surface area contributed by atoms with Gasteiger partial charge in [0.2, 0.25) is 5.88 Å². The van der Waals surface area contributed by atoms with Gasteiger partial charge in [-0.3, -0.25) is 4.79 Å². The first kappa shape index (κ1) is 32.6. The number of carbonyl (C=O) groups is 1. The third-order valence-corrected chi connectivity index (χ3v) is 8.48. The van der Waals surface area contributed by atoms with Crippen molar-refractivity contribution in [1.29, 1.82) is 0 Å². The Balaban J connectivity index is 0.00000193. The maximum absolute atomic E-state index is 14.7. The van der Waals surface area contributed by atoms with Gasteiger partial charge in [-0.05, 0) is 66.7 Å². The predicted molar refractivity (Wildman–Crippen MR) is 190 cm³/mol. The number of amides is 1. The van der Waals surface area contributed by atoms with Crippen LogP contribution < -0.4 is 19.1 Å². The standard InChI is InChI=1S/C36H25F2N5O4S.CH4O/c1-39-36(44)33-24-14-23(26-11-12-30-34(41-26)29-15-22-25(38)4-3-5-27(22)43(29)18-45-30)28(42(2)48)16-31(24)47-35(33)19-6-13-32(40-17-19)46-21-9-7-20(37)8-10-21;1-2/h3-17,48H,18H2,1-2H3,(H,39,44);2H,1H3. The van der Waals surface area contributed by atoms with Gasteiger partial charge in [0.1, 0.15) is 40.2 Å². The number of furan rings is 1. The molecule has 0 radical (unpaired) electrons. The first-order valence-electron chi connectivity index (χ1n) is 15.3. The van der Waals surface area contributed by atoms with Crippen LogP contribution in [0.4, 0.5) is 14.5 Å². The molecule has 13 heteroatoms. The van der Waals surface area contributed by atoms with Crippen LogP contribution in [0.15, 0.2) is 95.5 Å². The van der Waals surface area contributed by atoms with Gasteiger partial charge in [-0.2, -0.15) is 0 Å². The van der Waals surface area contributed by atoms with Gasteiger partial charge in [0.15, 0.2) is 6.73 Å². The number of aliphatic hydroxyl groups excluding tert-OH is 1. The van der Waals surface area contributed by atoms with Gasteiger partial charge < -0.3 is 33.2 Å². The van der Waals surface area contributed by atoms with E-state index in [9.17, 15) is 13.6 Å². The summed E-state index contributed by atoms with van der Waals surface area (Å²) in [6.07, 6.45) is 1.54. The minimum absolute atomic E-state index is 0.231. The molecular formula is C37H29F2N5O5S. The number of ether oxygens (including phenoxy) is 2. The highest BCUT2D eigenvalue weighted by Gasteiger charge is 2.27. The molecule has 0 aliphatic carbocycles. The number of aromatic nitrogens is 3. The van der Waals surface area contributed by atoms with Crippen molar-refractivity contribution in [1.82, 2.24) is 19.9 Å². The van der Waals surface area contributed by atoms with E-state index in [1.807, 2.05) is 28.8 Å². The molecule has 4 aromatic heterocycles. The molecule has 1 amide bonds. The fourth-order valence-electron chi connectivity index (χ4n) is 5.97. The monoisotopic (exact) mass is 693 g/mol. The predicted octanol–water partition coefficient (Wildman–Crippen LogP) is 7.85. The summed E-state index contributed by atoms with van der Waals surface area (Å²) >= 11 is 4.61. The van der Waals surface area contributed by atoms with E-state index in [0.717, 1.165) is 12.8 Å². The Morgan fingerprint density at radius 1 is 1.02 bits per heavy atom. The van der Waals surface area contributed by atoms with E-state index in [1.54, 1.807) is 54.9 Å². The van der Waals surface area contributed by atoms with Crippen molar-refractivity contribution in [2.75, 3.05) is 25.5 Å². The molecule has 7 aromatic rings. The Morgan fingerprint density at radius 3 is 2.54 bits per heavy atom. The van der Waals surface area contributed by atoms with Gasteiger partial charge in [-0.25, -0.2) is 18.7 Å². The molecule has 0 spiro atoms. The fraction of sp³-hybridized carbons (Fsp3) is 0.108. The van der Waals surface area contributed by atoms with Gasteiger partial charge in [0.05, 0.1) is 28.2 Å². The van der Waals surface area contributed by atoms with Crippen molar-refractivity contribution in [3.8, 4) is 51.3 Å². The number of carbonyl (C=O) groups excluding carboxylic acids is 1. The Kier molecular flexibility index (Phi) is 8.60. The van der Waals surface area contributed by atoms with Crippen molar-refractivity contribution in [2.45, 2.75) is 6.73 Å². The van der Waals surface area contributed by atoms with Crippen LogP contribution in [0.5, 0.6) is 17.4 Å². The number of hydrogen-bond acceptors (Lipinski definition) is 9. The second-order valence-electron chi connectivity index (χ2n) is 11.2. The molecule has 1 aliphatic heterocycles. The summed E-state index contributed by atoms with van der Waals surface area (Å²) in [5, 5.41) is 10.8. The zero-order valence-electron chi connectivity index (χ0n) is 26.9. The maximum Gasteiger partial charge on any atom is 0.255 e. The lowest BCUT2D eigenvalue weighted by Crippen LogP contribution is -2.18. The average Bonchev–Trinajstić information content (AvgIpc) is 3.72. The molecule has 5 heterocycles. The Morgan fingerprint density at radius 2 is 1.82 bits per heavy atom. The molecule has 10 nitrogen and oxygen atoms in total. The van der Waals surface area contributed by atoms with Crippen LogP contribution in [-0.4, -0.2) is 46.8 Å². The topological polar surface area (TPSA) is 115 Å². The minimum Gasteiger partial charge on any atom is -0.470 e. The molecule has 3 aromatic carbocycles. The van der Waals surface area contributed by atoms with Gasteiger partial charge in [-0.1, -0.05) is 18.9 Å². The minimum atomic E-state index is -0.371. The number of aliphatic hydroxyl groups is 1. The maximum atomic E-state index is 14.7. The number of anilines is 1. The van der Waals surface area contributed by atoms with E-state index in [1.165, 1.54) is 30.3 Å². The highest BCUT2D eigenvalue weighted by molar-refractivity contribution is 7.81. The normalized spacial score (nSPS) is 11.7. The molecule has 2 N–H and O–H groups in total. The van der Waals surface area contributed by atoms with Crippen LogP contribution in [0.2, 0.25) is 0 Å². The number of nitrogens with zero attached hydrogens (tertiary/aromatic N) is 4. The highest BCUT2D eigenvalue weighted by Crippen LogP contribution is 2.43. The second-order valence-corrected chi connectivity index (χ2v) is 11.8. The molecule has 8 rings (SSSR count). The zero-order valence-corrected chi connectivity index (χ0v) is 27.8. The molecule has 252 valence electrons. The molecule has 0 atom stereocenters. The van der Waals surface area contributed by atoms with E-state index in [2.05, 4.69) is 23.1 Å². The van der Waals surface area contributed by atoms with E-state index in [0.29, 0.717) is 72.9 Å². The zero-order chi connectivity index (χ0) is 35.1. The molecular weight excluding hydrogens is 665 g/mol. The molecule has 0 saturated heterocycles. The van der Waals surface area contributed by atoms with Gasteiger partial charge in [0.25, 0.3) is 5.91 Å². The lowest BCUT2D eigenvalue weighted by Gasteiger charge is -2.22. The van der Waals surface area contributed by atoms with Gasteiger partial charge in [0, 0.05) is 61.4 Å². The highest BCUT2D eigenvalue weighted by atomic mass is 32.1. The summed E-state index contributed by atoms with van der Waals surface area (Å²) in [7, 11) is 4.33. The van der Waals surface area contributed by atoms with Crippen molar-refractivity contribution in [2.24, 2.45) is 0 Å². The summed E-state index contributed by atoms with van der Waals surface area (Å²) < 4.78 is 49.6. The number of thiol groups is 1. The van der Waals surface area contributed by atoms with Crippen LogP contribution in [0, 0.1) is 11.6 Å². The molecule has 0 saturated carbocycles. The largest absolute Gasteiger partial charge is 0.470 e. The molecule has 0 fully saturated rings. The van der Waals surface area contributed by atoms with E-state index in [-0.39, 0.29) is 30.2 Å². The van der Waals surface area contributed by atoms with Crippen LogP contribution in [0.25, 0.3) is 55.8 Å². The number of nitrogens with one attached hydrogen (secondary N) is 1. The Hall–Kier alpha value is -5.92. The number of rotatable bonds is 6. The molecule has 50 heavy (non-hydrogen) atoms. The Labute approximate surface area is 290 Å². The van der Waals surface area contributed by atoms with E-state index < -0.39 is 0 Å². The van der Waals surface area contributed by atoms with Crippen LogP contribution >= 0.6 is 12.8 Å².